The SMILES string of the molecule is CCCNC(c1ccsc1C)C1CCCC(C(F)(F)F)C1. The van der Waals surface area contributed by atoms with Crippen LogP contribution in [-0.2, 0) is 0 Å². The highest BCUT2D eigenvalue weighted by atomic mass is 32.1. The molecule has 1 aromatic rings. The van der Waals surface area contributed by atoms with Crippen LogP contribution >= 0.6 is 11.3 Å². The predicted octanol–water partition coefficient (Wildman–Crippen LogP) is 5.47. The van der Waals surface area contributed by atoms with Gasteiger partial charge in [-0.2, -0.15) is 13.2 Å². The van der Waals surface area contributed by atoms with Crippen LogP contribution in [0.3, 0.4) is 0 Å². The first-order valence-corrected chi connectivity index (χ1v) is 8.65. The summed E-state index contributed by atoms with van der Waals surface area (Å²) in [6.45, 7) is 5.00. The Hall–Kier alpha value is -0.550. The second-order valence-corrected chi connectivity index (χ2v) is 7.15. The maximum Gasteiger partial charge on any atom is 0.391 e. The van der Waals surface area contributed by atoms with Crippen LogP contribution in [0.15, 0.2) is 11.4 Å². The molecule has 1 saturated carbocycles. The van der Waals surface area contributed by atoms with Crippen molar-refractivity contribution >= 4 is 11.3 Å². The van der Waals surface area contributed by atoms with Crippen LogP contribution in [0, 0.1) is 18.8 Å². The molecule has 2 rings (SSSR count). The normalized spacial score (nSPS) is 25.0. The van der Waals surface area contributed by atoms with E-state index in [-0.39, 0.29) is 18.4 Å². The van der Waals surface area contributed by atoms with Gasteiger partial charge in [0.25, 0.3) is 0 Å². The van der Waals surface area contributed by atoms with Crippen LogP contribution in [0.1, 0.15) is 55.5 Å². The quantitative estimate of drug-likeness (QED) is 0.759. The molecule has 120 valence electrons. The first kappa shape index (κ1) is 16.8. The highest BCUT2D eigenvalue weighted by Gasteiger charge is 2.43. The summed E-state index contributed by atoms with van der Waals surface area (Å²) in [5.41, 5.74) is 1.20. The van der Waals surface area contributed by atoms with Crippen LogP contribution in [-0.4, -0.2) is 12.7 Å². The van der Waals surface area contributed by atoms with Crippen LogP contribution in [0.4, 0.5) is 13.2 Å². The molecule has 1 fully saturated rings. The Labute approximate surface area is 128 Å². The molecule has 0 radical (unpaired) electrons. The number of alkyl halides is 3. The number of hydrogen-bond donors (Lipinski definition) is 1. The lowest BCUT2D eigenvalue weighted by molar-refractivity contribution is -0.186. The fourth-order valence-corrected chi connectivity index (χ4v) is 4.13. The van der Waals surface area contributed by atoms with E-state index in [2.05, 4.69) is 25.2 Å². The number of halogens is 3. The predicted molar refractivity (Wildman–Crippen MR) is 81.6 cm³/mol. The van der Waals surface area contributed by atoms with Crippen molar-refractivity contribution in [2.75, 3.05) is 6.54 Å². The number of rotatable bonds is 5. The average molecular weight is 319 g/mol. The van der Waals surface area contributed by atoms with Gasteiger partial charge in [-0.3, -0.25) is 0 Å². The molecule has 1 nitrogen and oxygen atoms in total. The third kappa shape index (κ3) is 4.22. The Morgan fingerprint density at radius 2 is 2.14 bits per heavy atom. The highest BCUT2D eigenvalue weighted by Crippen LogP contribution is 2.44. The third-order valence-electron chi connectivity index (χ3n) is 4.50. The largest absolute Gasteiger partial charge is 0.391 e. The number of aryl methyl sites for hydroxylation is 1. The van der Waals surface area contributed by atoms with Gasteiger partial charge < -0.3 is 5.32 Å². The zero-order valence-electron chi connectivity index (χ0n) is 12.7. The number of thiophene rings is 1. The van der Waals surface area contributed by atoms with Crippen LogP contribution in [0.5, 0.6) is 0 Å². The summed E-state index contributed by atoms with van der Waals surface area (Å²) >= 11 is 1.67. The smallest absolute Gasteiger partial charge is 0.310 e. The lowest BCUT2D eigenvalue weighted by Crippen LogP contribution is -2.36. The van der Waals surface area contributed by atoms with E-state index in [1.807, 2.05) is 5.38 Å². The number of hydrogen-bond acceptors (Lipinski definition) is 2. The maximum absolute atomic E-state index is 13.0. The zero-order valence-corrected chi connectivity index (χ0v) is 13.5. The molecule has 3 unspecified atom stereocenters. The molecule has 1 aliphatic carbocycles. The molecule has 1 N–H and O–H groups in total. The van der Waals surface area contributed by atoms with E-state index in [1.54, 1.807) is 11.3 Å². The molecule has 0 aliphatic heterocycles. The molecule has 0 spiro atoms. The van der Waals surface area contributed by atoms with Gasteiger partial charge in [0, 0.05) is 10.9 Å². The molecule has 0 aromatic carbocycles. The maximum atomic E-state index is 13.0. The molecular formula is C16H24F3NS. The topological polar surface area (TPSA) is 12.0 Å². The van der Waals surface area contributed by atoms with Crippen molar-refractivity contribution < 1.29 is 13.2 Å². The van der Waals surface area contributed by atoms with Crippen molar-refractivity contribution in [3.8, 4) is 0 Å². The second-order valence-electron chi connectivity index (χ2n) is 6.03. The monoisotopic (exact) mass is 319 g/mol. The summed E-state index contributed by atoms with van der Waals surface area (Å²) < 4.78 is 39.1. The molecule has 1 aliphatic rings. The molecule has 3 atom stereocenters. The Bertz CT molecular complexity index is 441. The third-order valence-corrected chi connectivity index (χ3v) is 5.36. The summed E-state index contributed by atoms with van der Waals surface area (Å²) in [4.78, 5) is 1.22. The summed E-state index contributed by atoms with van der Waals surface area (Å²) in [6, 6.07) is 2.14. The summed E-state index contributed by atoms with van der Waals surface area (Å²) in [6.07, 6.45) is -0.915. The van der Waals surface area contributed by atoms with Gasteiger partial charge in [-0.15, -0.1) is 11.3 Å². The van der Waals surface area contributed by atoms with Gasteiger partial charge in [0.05, 0.1) is 5.92 Å². The fraction of sp³-hybridized carbons (Fsp3) is 0.750. The van der Waals surface area contributed by atoms with Gasteiger partial charge in [0.15, 0.2) is 0 Å². The first-order valence-electron chi connectivity index (χ1n) is 7.77. The molecule has 0 amide bonds. The average Bonchev–Trinajstić information content (AvgIpc) is 2.85. The van der Waals surface area contributed by atoms with Crippen molar-refractivity contribution in [3.63, 3.8) is 0 Å². The summed E-state index contributed by atoms with van der Waals surface area (Å²) in [5, 5.41) is 5.53. The van der Waals surface area contributed by atoms with Crippen LogP contribution in [0.25, 0.3) is 0 Å². The Balaban J connectivity index is 2.15. The molecular weight excluding hydrogens is 295 g/mol. The lowest BCUT2D eigenvalue weighted by Gasteiger charge is -2.36. The van der Waals surface area contributed by atoms with E-state index in [4.69, 9.17) is 0 Å². The van der Waals surface area contributed by atoms with Crippen molar-refractivity contribution in [3.05, 3.63) is 21.9 Å². The summed E-state index contributed by atoms with van der Waals surface area (Å²) in [7, 11) is 0. The minimum Gasteiger partial charge on any atom is -0.310 e. The van der Waals surface area contributed by atoms with E-state index in [1.165, 1.54) is 10.4 Å². The van der Waals surface area contributed by atoms with Gasteiger partial charge in [-0.25, -0.2) is 0 Å². The second kappa shape index (κ2) is 7.14. The van der Waals surface area contributed by atoms with Gasteiger partial charge in [-0.05, 0) is 62.1 Å². The summed E-state index contributed by atoms with van der Waals surface area (Å²) in [5.74, 6) is -1.04. The van der Waals surface area contributed by atoms with E-state index >= 15 is 0 Å². The van der Waals surface area contributed by atoms with Gasteiger partial charge >= 0.3 is 6.18 Å². The Morgan fingerprint density at radius 3 is 2.71 bits per heavy atom. The Morgan fingerprint density at radius 1 is 1.38 bits per heavy atom. The lowest BCUT2D eigenvalue weighted by atomic mass is 9.75. The van der Waals surface area contributed by atoms with E-state index in [0.29, 0.717) is 12.8 Å². The van der Waals surface area contributed by atoms with E-state index in [0.717, 1.165) is 19.4 Å². The van der Waals surface area contributed by atoms with Gasteiger partial charge in [0.1, 0.15) is 0 Å². The van der Waals surface area contributed by atoms with Crippen LogP contribution in [0.2, 0.25) is 0 Å². The fourth-order valence-electron chi connectivity index (χ4n) is 3.38. The van der Waals surface area contributed by atoms with Crippen molar-refractivity contribution in [2.45, 2.75) is 58.2 Å². The molecule has 1 heterocycles. The zero-order chi connectivity index (χ0) is 15.5. The molecule has 5 heteroatoms. The molecule has 21 heavy (non-hydrogen) atoms. The standard InChI is InChI=1S/C16H24F3NS/c1-3-8-20-15(14-7-9-21-11(14)2)12-5-4-6-13(10-12)16(17,18)19/h7,9,12-13,15,20H,3-6,8,10H2,1-2H3. The highest BCUT2D eigenvalue weighted by molar-refractivity contribution is 7.10. The van der Waals surface area contributed by atoms with Gasteiger partial charge in [0.2, 0.25) is 0 Å². The van der Waals surface area contributed by atoms with Crippen LogP contribution < -0.4 is 5.32 Å². The van der Waals surface area contributed by atoms with E-state index < -0.39 is 12.1 Å². The van der Waals surface area contributed by atoms with Crippen molar-refractivity contribution in [1.82, 2.24) is 5.32 Å². The van der Waals surface area contributed by atoms with Crippen molar-refractivity contribution in [2.24, 2.45) is 11.8 Å². The number of nitrogens with one attached hydrogen (secondary N) is 1. The van der Waals surface area contributed by atoms with E-state index in [9.17, 15) is 13.2 Å². The van der Waals surface area contributed by atoms with Gasteiger partial charge in [-0.1, -0.05) is 13.3 Å². The minimum atomic E-state index is -4.04. The molecule has 0 saturated heterocycles. The van der Waals surface area contributed by atoms with Crippen molar-refractivity contribution in [1.29, 1.82) is 0 Å². The molecule has 1 aromatic heterocycles. The molecule has 0 bridgehead atoms. The Kier molecular flexibility index (Phi) is 5.72. The minimum absolute atomic E-state index is 0.0707. The first-order chi connectivity index (χ1) is 9.93.